The Labute approximate surface area is 112 Å². The zero-order chi connectivity index (χ0) is 13.8. The van der Waals surface area contributed by atoms with E-state index in [0.29, 0.717) is 12.2 Å². The number of anilines is 1. The first-order valence-electron chi connectivity index (χ1n) is 6.49. The minimum absolute atomic E-state index is 0.0572. The fourth-order valence-electron chi connectivity index (χ4n) is 2.54. The van der Waals surface area contributed by atoms with Crippen molar-refractivity contribution in [1.29, 1.82) is 0 Å². The van der Waals surface area contributed by atoms with E-state index in [2.05, 4.69) is 4.90 Å². The predicted octanol–water partition coefficient (Wildman–Crippen LogP) is 1.52. The Bertz CT molecular complexity index is 464. The van der Waals surface area contributed by atoms with Gasteiger partial charge in [-0.3, -0.25) is 15.0 Å². The average Bonchev–Trinajstić information content (AvgIpc) is 2.41. The van der Waals surface area contributed by atoms with Gasteiger partial charge < -0.3 is 10.8 Å². The van der Waals surface area contributed by atoms with Crippen molar-refractivity contribution in [3.63, 3.8) is 0 Å². The Morgan fingerprint density at radius 1 is 1.47 bits per heavy atom. The number of nitrogens with zero attached hydrogens (tertiary/aromatic N) is 2. The van der Waals surface area contributed by atoms with Crippen molar-refractivity contribution in [1.82, 2.24) is 4.90 Å². The van der Waals surface area contributed by atoms with Crippen LogP contribution >= 0.6 is 0 Å². The number of hydrogen-bond acceptors (Lipinski definition) is 5. The van der Waals surface area contributed by atoms with Gasteiger partial charge in [0, 0.05) is 30.4 Å². The van der Waals surface area contributed by atoms with Crippen LogP contribution in [0.3, 0.4) is 0 Å². The maximum absolute atomic E-state index is 10.8. The summed E-state index contributed by atoms with van der Waals surface area (Å²) >= 11 is 0. The first-order valence-corrected chi connectivity index (χ1v) is 6.49. The normalized spacial score (nSPS) is 20.4. The van der Waals surface area contributed by atoms with Crippen molar-refractivity contribution in [3.8, 4) is 0 Å². The monoisotopic (exact) mass is 265 g/mol. The van der Waals surface area contributed by atoms with Crippen molar-refractivity contribution in [2.75, 3.05) is 18.9 Å². The molecule has 1 saturated heterocycles. The molecule has 19 heavy (non-hydrogen) atoms. The second-order valence-electron chi connectivity index (χ2n) is 4.94. The molecule has 104 valence electrons. The number of aliphatic hydroxyl groups excluding tert-OH is 1. The fraction of sp³-hybridized carbons (Fsp3) is 0.538. The molecule has 2 rings (SSSR count). The molecular weight excluding hydrogens is 246 g/mol. The second-order valence-corrected chi connectivity index (χ2v) is 4.94. The highest BCUT2D eigenvalue weighted by Gasteiger charge is 2.22. The van der Waals surface area contributed by atoms with Gasteiger partial charge in [-0.25, -0.2) is 0 Å². The molecule has 0 amide bonds. The van der Waals surface area contributed by atoms with E-state index >= 15 is 0 Å². The number of nitro benzene ring substituents is 1. The summed E-state index contributed by atoms with van der Waals surface area (Å²) in [4.78, 5) is 12.5. The van der Waals surface area contributed by atoms with Gasteiger partial charge in [-0.15, -0.1) is 0 Å². The van der Waals surface area contributed by atoms with Gasteiger partial charge in [-0.05, 0) is 31.0 Å². The summed E-state index contributed by atoms with van der Waals surface area (Å²) in [6.07, 6.45) is 3.17. The van der Waals surface area contributed by atoms with Crippen LogP contribution in [-0.4, -0.2) is 34.1 Å². The second kappa shape index (κ2) is 5.99. The minimum atomic E-state index is -0.414. The van der Waals surface area contributed by atoms with Gasteiger partial charge in [0.2, 0.25) is 0 Å². The number of likely N-dealkylation sites (tertiary alicyclic amines) is 1. The molecule has 3 N–H and O–H groups in total. The van der Waals surface area contributed by atoms with E-state index in [0.717, 1.165) is 31.4 Å². The molecule has 1 aromatic carbocycles. The zero-order valence-electron chi connectivity index (χ0n) is 10.8. The van der Waals surface area contributed by atoms with Crippen molar-refractivity contribution < 1.29 is 10.0 Å². The number of benzene rings is 1. The molecular formula is C13H19N3O3. The van der Waals surface area contributed by atoms with Crippen LogP contribution in [0.15, 0.2) is 18.2 Å². The maximum atomic E-state index is 10.8. The molecule has 0 spiro atoms. The molecule has 6 nitrogen and oxygen atoms in total. The lowest BCUT2D eigenvalue weighted by atomic mass is 10.0. The smallest absolute Gasteiger partial charge is 0.269 e. The highest BCUT2D eigenvalue weighted by molar-refractivity contribution is 5.52. The lowest BCUT2D eigenvalue weighted by Crippen LogP contribution is -2.41. The molecule has 1 fully saturated rings. The molecule has 6 heteroatoms. The van der Waals surface area contributed by atoms with Gasteiger partial charge >= 0.3 is 0 Å². The van der Waals surface area contributed by atoms with E-state index in [1.54, 1.807) is 6.07 Å². The molecule has 1 aliphatic heterocycles. The molecule has 0 aliphatic carbocycles. The number of nitrogen functional groups attached to an aromatic ring is 1. The Balaban J connectivity index is 2.17. The fourth-order valence-corrected chi connectivity index (χ4v) is 2.54. The summed E-state index contributed by atoms with van der Waals surface area (Å²) in [5.41, 5.74) is 7.26. The van der Waals surface area contributed by atoms with Gasteiger partial charge in [0.15, 0.2) is 0 Å². The third-order valence-electron chi connectivity index (χ3n) is 3.67. The van der Waals surface area contributed by atoms with E-state index in [4.69, 9.17) is 5.73 Å². The lowest BCUT2D eigenvalue weighted by Gasteiger charge is -2.34. The third kappa shape index (κ3) is 3.21. The first kappa shape index (κ1) is 13.8. The van der Waals surface area contributed by atoms with E-state index in [9.17, 15) is 15.2 Å². The van der Waals surface area contributed by atoms with Crippen molar-refractivity contribution >= 4 is 11.4 Å². The molecule has 0 bridgehead atoms. The highest BCUT2D eigenvalue weighted by Crippen LogP contribution is 2.24. The minimum Gasteiger partial charge on any atom is -0.398 e. The summed E-state index contributed by atoms with van der Waals surface area (Å²) in [7, 11) is 0. The first-order chi connectivity index (χ1) is 9.11. The van der Waals surface area contributed by atoms with E-state index in [1.165, 1.54) is 12.1 Å². The third-order valence-corrected chi connectivity index (χ3v) is 3.67. The summed E-state index contributed by atoms with van der Waals surface area (Å²) in [6.45, 7) is 1.57. The van der Waals surface area contributed by atoms with Crippen LogP contribution in [0.2, 0.25) is 0 Å². The standard InChI is InChI=1S/C13H19N3O3/c14-13-5-4-11(16(18)19)7-10(13)8-15-6-2-1-3-12(15)9-17/h4-5,7,12,17H,1-3,6,8-9,14H2. The number of non-ortho nitro benzene ring substituents is 1. The van der Waals surface area contributed by atoms with Crippen LogP contribution in [0.4, 0.5) is 11.4 Å². The van der Waals surface area contributed by atoms with Gasteiger partial charge in [-0.1, -0.05) is 6.42 Å². The Morgan fingerprint density at radius 3 is 2.95 bits per heavy atom. The Hall–Kier alpha value is -1.66. The maximum Gasteiger partial charge on any atom is 0.269 e. The Kier molecular flexibility index (Phi) is 4.34. The van der Waals surface area contributed by atoms with Gasteiger partial charge in [-0.2, -0.15) is 0 Å². The van der Waals surface area contributed by atoms with Crippen LogP contribution in [-0.2, 0) is 6.54 Å². The SMILES string of the molecule is Nc1ccc([N+](=O)[O-])cc1CN1CCCCC1CO. The average molecular weight is 265 g/mol. The molecule has 0 aromatic heterocycles. The predicted molar refractivity (Wildman–Crippen MR) is 72.6 cm³/mol. The topological polar surface area (TPSA) is 92.6 Å². The molecule has 0 saturated carbocycles. The zero-order valence-corrected chi connectivity index (χ0v) is 10.8. The van der Waals surface area contributed by atoms with Crippen LogP contribution in [0, 0.1) is 10.1 Å². The molecule has 1 heterocycles. The summed E-state index contributed by atoms with van der Waals surface area (Å²) in [5.74, 6) is 0. The van der Waals surface area contributed by atoms with Crippen LogP contribution in [0.1, 0.15) is 24.8 Å². The largest absolute Gasteiger partial charge is 0.398 e. The number of nitrogens with two attached hydrogens (primary N) is 1. The number of piperidine rings is 1. The van der Waals surface area contributed by atoms with Crippen molar-refractivity contribution in [2.45, 2.75) is 31.8 Å². The summed E-state index contributed by atoms with van der Waals surface area (Å²) in [5, 5.41) is 20.2. The molecule has 1 aliphatic rings. The number of nitro groups is 1. The van der Waals surface area contributed by atoms with E-state index < -0.39 is 4.92 Å². The molecule has 1 atom stereocenters. The van der Waals surface area contributed by atoms with E-state index in [-0.39, 0.29) is 18.3 Å². The molecule has 1 unspecified atom stereocenters. The summed E-state index contributed by atoms with van der Waals surface area (Å²) < 4.78 is 0. The van der Waals surface area contributed by atoms with Gasteiger partial charge in [0.1, 0.15) is 0 Å². The van der Waals surface area contributed by atoms with Gasteiger partial charge in [0.05, 0.1) is 11.5 Å². The quantitative estimate of drug-likeness (QED) is 0.489. The van der Waals surface area contributed by atoms with Crippen molar-refractivity contribution in [3.05, 3.63) is 33.9 Å². The number of aliphatic hydroxyl groups is 1. The highest BCUT2D eigenvalue weighted by atomic mass is 16.6. The Morgan fingerprint density at radius 2 is 2.26 bits per heavy atom. The molecule has 1 aromatic rings. The lowest BCUT2D eigenvalue weighted by molar-refractivity contribution is -0.384. The number of rotatable bonds is 4. The van der Waals surface area contributed by atoms with Crippen molar-refractivity contribution in [2.24, 2.45) is 0 Å². The van der Waals surface area contributed by atoms with Gasteiger partial charge in [0.25, 0.3) is 5.69 Å². The van der Waals surface area contributed by atoms with Crippen LogP contribution in [0.25, 0.3) is 0 Å². The number of hydrogen-bond donors (Lipinski definition) is 2. The summed E-state index contributed by atoms with van der Waals surface area (Å²) in [6, 6.07) is 4.65. The van der Waals surface area contributed by atoms with Crippen LogP contribution < -0.4 is 5.73 Å². The van der Waals surface area contributed by atoms with Crippen LogP contribution in [0.5, 0.6) is 0 Å². The molecule has 0 radical (unpaired) electrons. The van der Waals surface area contributed by atoms with E-state index in [1.807, 2.05) is 0 Å².